The van der Waals surface area contributed by atoms with Crippen molar-refractivity contribution in [1.82, 2.24) is 19.6 Å². The first kappa shape index (κ1) is 9.17. The molecule has 0 aliphatic heterocycles. The number of rotatable bonds is 2. The van der Waals surface area contributed by atoms with E-state index in [1.165, 1.54) is 6.33 Å². The minimum absolute atomic E-state index is 0.325. The Bertz CT molecular complexity index is 631. The van der Waals surface area contributed by atoms with Gasteiger partial charge < -0.3 is 9.73 Å². The first-order chi connectivity index (χ1) is 7.83. The highest BCUT2D eigenvalue weighted by Gasteiger charge is 2.05. The maximum Gasteiger partial charge on any atom is 0.254 e. The van der Waals surface area contributed by atoms with E-state index in [-0.39, 0.29) is 0 Å². The van der Waals surface area contributed by atoms with Crippen molar-refractivity contribution in [3.8, 4) is 0 Å². The van der Waals surface area contributed by atoms with Gasteiger partial charge in [-0.15, -0.1) is 0 Å². The van der Waals surface area contributed by atoms with Gasteiger partial charge in [-0.2, -0.15) is 14.6 Å². The number of fused-ring (bicyclic) bond motifs is 1. The van der Waals surface area contributed by atoms with Crippen molar-refractivity contribution in [3.63, 3.8) is 0 Å². The monoisotopic (exact) mass is 235 g/mol. The van der Waals surface area contributed by atoms with Gasteiger partial charge in [0.15, 0.2) is 11.1 Å². The lowest BCUT2D eigenvalue weighted by Gasteiger charge is -2.03. The van der Waals surface area contributed by atoms with Gasteiger partial charge in [-0.25, -0.2) is 4.98 Å². The topological polar surface area (TPSA) is 68.2 Å². The first-order valence-corrected chi connectivity index (χ1v) is 4.88. The number of furan rings is 1. The zero-order valence-corrected chi connectivity index (χ0v) is 8.72. The Morgan fingerprint density at radius 3 is 3.00 bits per heavy atom. The van der Waals surface area contributed by atoms with Crippen LogP contribution in [0.15, 0.2) is 35.1 Å². The highest BCUT2D eigenvalue weighted by molar-refractivity contribution is 6.28. The number of nitrogens with one attached hydrogen (secondary N) is 1. The lowest BCUT2D eigenvalue weighted by molar-refractivity contribution is 0.586. The molecular weight excluding hydrogens is 230 g/mol. The van der Waals surface area contributed by atoms with Gasteiger partial charge in [0.25, 0.3) is 5.78 Å². The molecule has 3 rings (SSSR count). The number of halogens is 1. The van der Waals surface area contributed by atoms with Crippen LogP contribution in [0.25, 0.3) is 5.78 Å². The zero-order chi connectivity index (χ0) is 11.0. The van der Waals surface area contributed by atoms with Crippen LogP contribution in [0, 0.1) is 0 Å². The summed E-state index contributed by atoms with van der Waals surface area (Å²) in [5.74, 6) is 1.75. The molecule has 16 heavy (non-hydrogen) atoms. The van der Waals surface area contributed by atoms with Crippen LogP contribution in [0.5, 0.6) is 0 Å². The van der Waals surface area contributed by atoms with Crippen LogP contribution >= 0.6 is 11.6 Å². The van der Waals surface area contributed by atoms with Crippen molar-refractivity contribution < 1.29 is 4.42 Å². The molecule has 3 aromatic rings. The maximum atomic E-state index is 5.67. The molecular formula is C9H6ClN5O. The molecule has 3 heterocycles. The van der Waals surface area contributed by atoms with E-state index >= 15 is 0 Å². The lowest BCUT2D eigenvalue weighted by atomic mass is 10.5. The van der Waals surface area contributed by atoms with E-state index < -0.39 is 0 Å². The van der Waals surface area contributed by atoms with Gasteiger partial charge in [-0.3, -0.25) is 0 Å². The van der Waals surface area contributed by atoms with Crippen LogP contribution < -0.4 is 5.32 Å². The van der Waals surface area contributed by atoms with Gasteiger partial charge in [0.1, 0.15) is 12.1 Å². The molecule has 0 amide bonds. The second kappa shape index (κ2) is 3.49. The molecule has 0 fully saturated rings. The molecule has 0 saturated carbocycles. The summed E-state index contributed by atoms with van der Waals surface area (Å²) < 4.78 is 6.75. The van der Waals surface area contributed by atoms with Crippen LogP contribution in [-0.4, -0.2) is 19.6 Å². The van der Waals surface area contributed by atoms with Gasteiger partial charge in [0.05, 0.1) is 0 Å². The van der Waals surface area contributed by atoms with Crippen molar-refractivity contribution >= 4 is 29.1 Å². The molecule has 1 N–H and O–H groups in total. The second-order valence-electron chi connectivity index (χ2n) is 3.03. The fraction of sp³-hybridized carbons (Fsp3) is 0. The van der Waals surface area contributed by atoms with Gasteiger partial charge in [0, 0.05) is 12.3 Å². The van der Waals surface area contributed by atoms with Crippen molar-refractivity contribution in [1.29, 1.82) is 0 Å². The van der Waals surface area contributed by atoms with E-state index in [4.69, 9.17) is 16.0 Å². The number of anilines is 2. The van der Waals surface area contributed by atoms with E-state index in [0.717, 1.165) is 0 Å². The molecule has 0 aliphatic carbocycles. The predicted molar refractivity (Wildman–Crippen MR) is 57.8 cm³/mol. The average molecular weight is 236 g/mol. The molecule has 0 spiro atoms. The molecule has 0 bridgehead atoms. The van der Waals surface area contributed by atoms with E-state index in [0.29, 0.717) is 22.7 Å². The predicted octanol–water partition coefficient (Wildman–Crippen LogP) is 2.11. The second-order valence-corrected chi connectivity index (χ2v) is 3.40. The lowest BCUT2D eigenvalue weighted by Crippen LogP contribution is -1.99. The third kappa shape index (κ3) is 1.49. The Morgan fingerprint density at radius 1 is 1.25 bits per heavy atom. The summed E-state index contributed by atoms with van der Waals surface area (Å²) in [6, 6.07) is 5.15. The minimum atomic E-state index is 0.325. The number of hydrogen-bond donors (Lipinski definition) is 1. The third-order valence-corrected chi connectivity index (χ3v) is 2.21. The average Bonchev–Trinajstić information content (AvgIpc) is 2.87. The SMILES string of the molecule is Clc1ccc(Nc2ccnc3ncnn23)o1. The van der Waals surface area contributed by atoms with Gasteiger partial charge in [-0.05, 0) is 23.7 Å². The van der Waals surface area contributed by atoms with E-state index in [9.17, 15) is 0 Å². The summed E-state index contributed by atoms with van der Waals surface area (Å²) in [7, 11) is 0. The smallest absolute Gasteiger partial charge is 0.254 e. The normalized spacial score (nSPS) is 10.8. The minimum Gasteiger partial charge on any atom is -0.429 e. The summed E-state index contributed by atoms with van der Waals surface area (Å²) in [4.78, 5) is 8.01. The largest absolute Gasteiger partial charge is 0.429 e. The summed E-state index contributed by atoms with van der Waals surface area (Å²) in [6.07, 6.45) is 3.07. The fourth-order valence-corrected chi connectivity index (χ4v) is 1.49. The van der Waals surface area contributed by atoms with Crippen LogP contribution in [0.1, 0.15) is 0 Å². The van der Waals surface area contributed by atoms with Crippen molar-refractivity contribution in [2.45, 2.75) is 0 Å². The quantitative estimate of drug-likeness (QED) is 0.737. The summed E-state index contributed by atoms with van der Waals surface area (Å²) in [6.45, 7) is 0. The Hall–Kier alpha value is -2.08. The van der Waals surface area contributed by atoms with Crippen LogP contribution in [-0.2, 0) is 0 Å². The fourth-order valence-electron chi connectivity index (χ4n) is 1.34. The molecule has 0 unspecified atom stereocenters. The molecule has 80 valence electrons. The van der Waals surface area contributed by atoms with E-state index in [2.05, 4.69) is 20.4 Å². The molecule has 0 radical (unpaired) electrons. The van der Waals surface area contributed by atoms with Crippen LogP contribution in [0.4, 0.5) is 11.7 Å². The molecule has 0 aliphatic rings. The Labute approximate surface area is 94.9 Å². The molecule has 7 heteroatoms. The Morgan fingerprint density at radius 2 is 2.19 bits per heavy atom. The zero-order valence-electron chi connectivity index (χ0n) is 7.96. The highest BCUT2D eigenvalue weighted by Crippen LogP contribution is 2.21. The molecule has 0 atom stereocenters. The van der Waals surface area contributed by atoms with Gasteiger partial charge in [0.2, 0.25) is 0 Å². The van der Waals surface area contributed by atoms with Crippen LogP contribution in [0.2, 0.25) is 5.22 Å². The summed E-state index contributed by atoms with van der Waals surface area (Å²) in [5.41, 5.74) is 0. The number of hydrogen-bond acceptors (Lipinski definition) is 5. The van der Waals surface area contributed by atoms with E-state index in [1.54, 1.807) is 28.9 Å². The van der Waals surface area contributed by atoms with Crippen LogP contribution in [0.3, 0.4) is 0 Å². The number of nitrogens with zero attached hydrogens (tertiary/aromatic N) is 4. The summed E-state index contributed by atoms with van der Waals surface area (Å²) in [5, 5.41) is 7.38. The molecule has 0 saturated heterocycles. The number of aromatic nitrogens is 4. The van der Waals surface area contributed by atoms with Gasteiger partial charge >= 0.3 is 0 Å². The molecule has 6 nitrogen and oxygen atoms in total. The molecule has 0 aromatic carbocycles. The molecule has 3 aromatic heterocycles. The standard InChI is InChI=1S/C9H6ClN5O/c10-6-1-2-8(16-6)14-7-3-4-11-9-12-5-13-15(7)9/h1-5,14H. The Balaban J connectivity index is 2.03. The maximum absolute atomic E-state index is 5.67. The van der Waals surface area contributed by atoms with Crippen molar-refractivity contribution in [2.75, 3.05) is 5.32 Å². The van der Waals surface area contributed by atoms with E-state index in [1.807, 2.05) is 0 Å². The highest BCUT2D eigenvalue weighted by atomic mass is 35.5. The Kier molecular flexibility index (Phi) is 2.00. The van der Waals surface area contributed by atoms with Gasteiger partial charge in [-0.1, -0.05) is 0 Å². The third-order valence-electron chi connectivity index (χ3n) is 2.00. The van der Waals surface area contributed by atoms with Crippen molar-refractivity contribution in [2.24, 2.45) is 0 Å². The first-order valence-electron chi connectivity index (χ1n) is 4.50. The summed E-state index contributed by atoms with van der Waals surface area (Å²) >= 11 is 5.67. The van der Waals surface area contributed by atoms with Crippen molar-refractivity contribution in [3.05, 3.63) is 35.9 Å².